The third-order valence-electron chi connectivity index (χ3n) is 3.87. The third kappa shape index (κ3) is 5.61. The van der Waals surface area contributed by atoms with Crippen LogP contribution in [0.3, 0.4) is 0 Å². The predicted octanol–water partition coefficient (Wildman–Crippen LogP) is 2.72. The van der Waals surface area contributed by atoms with E-state index in [0.717, 1.165) is 32.2 Å². The molecule has 116 valence electrons. The molecule has 1 heterocycles. The van der Waals surface area contributed by atoms with Crippen LogP contribution in [0.15, 0.2) is 0 Å². The number of hydrogen-bond donors (Lipinski definition) is 1. The largest absolute Gasteiger partial charge is 0.314 e. The molecule has 0 aromatic carbocycles. The number of nitrogens with zero attached hydrogens (tertiary/aromatic N) is 1. The van der Waals surface area contributed by atoms with Gasteiger partial charge in [0.25, 0.3) is 0 Å². The van der Waals surface area contributed by atoms with Crippen molar-refractivity contribution in [1.82, 2.24) is 10.2 Å². The molecule has 0 aromatic rings. The van der Waals surface area contributed by atoms with Crippen LogP contribution in [0.1, 0.15) is 66.2 Å². The number of likely N-dealkylation sites (tertiary alicyclic amines) is 1. The second kappa shape index (κ2) is 7.77. The SMILES string of the molecule is CCCNC(C)CCCCN1C(=O)CC(C)(C)CC1=O. The van der Waals surface area contributed by atoms with E-state index in [1.165, 1.54) is 4.90 Å². The summed E-state index contributed by atoms with van der Waals surface area (Å²) in [6.07, 6.45) is 5.20. The van der Waals surface area contributed by atoms with E-state index in [1.807, 2.05) is 13.8 Å². The Balaban J connectivity index is 2.25. The molecule has 1 unspecified atom stereocenters. The lowest BCUT2D eigenvalue weighted by Gasteiger charge is -2.34. The first-order valence-corrected chi connectivity index (χ1v) is 7.92. The molecule has 0 spiro atoms. The van der Waals surface area contributed by atoms with Crippen molar-refractivity contribution in [3.63, 3.8) is 0 Å². The Morgan fingerprint density at radius 2 is 1.80 bits per heavy atom. The molecule has 2 amide bonds. The lowest BCUT2D eigenvalue weighted by Crippen LogP contribution is -2.46. The van der Waals surface area contributed by atoms with Crippen LogP contribution >= 0.6 is 0 Å². The zero-order valence-corrected chi connectivity index (χ0v) is 13.5. The number of hydrogen-bond acceptors (Lipinski definition) is 3. The lowest BCUT2D eigenvalue weighted by atomic mass is 9.81. The van der Waals surface area contributed by atoms with Crippen molar-refractivity contribution in [2.75, 3.05) is 13.1 Å². The van der Waals surface area contributed by atoms with E-state index in [0.29, 0.717) is 25.4 Å². The van der Waals surface area contributed by atoms with Crippen molar-refractivity contribution in [3.8, 4) is 0 Å². The Labute approximate surface area is 123 Å². The standard InChI is InChI=1S/C16H30N2O2/c1-5-9-17-13(2)8-6-7-10-18-14(19)11-16(3,4)12-15(18)20/h13,17H,5-12H2,1-4H3. The molecule has 0 radical (unpaired) electrons. The summed E-state index contributed by atoms with van der Waals surface area (Å²) in [6.45, 7) is 9.97. The monoisotopic (exact) mass is 282 g/mol. The Morgan fingerprint density at radius 1 is 1.20 bits per heavy atom. The summed E-state index contributed by atoms with van der Waals surface area (Å²) in [7, 11) is 0. The fourth-order valence-electron chi connectivity index (χ4n) is 2.67. The Kier molecular flexibility index (Phi) is 6.66. The zero-order chi connectivity index (χ0) is 15.2. The second-order valence-corrected chi connectivity index (χ2v) is 6.81. The van der Waals surface area contributed by atoms with Gasteiger partial charge in [0, 0.05) is 25.4 Å². The number of carbonyl (C=O) groups is 2. The average molecular weight is 282 g/mol. The van der Waals surface area contributed by atoms with E-state index in [-0.39, 0.29) is 17.2 Å². The number of piperidine rings is 1. The van der Waals surface area contributed by atoms with Gasteiger partial charge in [0.05, 0.1) is 0 Å². The Morgan fingerprint density at radius 3 is 2.35 bits per heavy atom. The molecule has 1 fully saturated rings. The van der Waals surface area contributed by atoms with Gasteiger partial charge >= 0.3 is 0 Å². The third-order valence-corrected chi connectivity index (χ3v) is 3.87. The topological polar surface area (TPSA) is 49.4 Å². The maximum absolute atomic E-state index is 12.0. The first kappa shape index (κ1) is 17.2. The van der Waals surface area contributed by atoms with Gasteiger partial charge in [-0.25, -0.2) is 0 Å². The first-order valence-electron chi connectivity index (χ1n) is 7.92. The van der Waals surface area contributed by atoms with Crippen molar-refractivity contribution in [2.45, 2.75) is 72.3 Å². The van der Waals surface area contributed by atoms with Crippen LogP contribution in [0.25, 0.3) is 0 Å². The highest BCUT2D eigenvalue weighted by molar-refractivity contribution is 5.98. The molecule has 4 heteroatoms. The molecule has 0 saturated carbocycles. The summed E-state index contributed by atoms with van der Waals surface area (Å²) in [6, 6.07) is 0.515. The van der Waals surface area contributed by atoms with Crippen molar-refractivity contribution < 1.29 is 9.59 Å². The average Bonchev–Trinajstić information content (AvgIpc) is 2.33. The van der Waals surface area contributed by atoms with Crippen molar-refractivity contribution in [1.29, 1.82) is 0 Å². The molecule has 1 rings (SSSR count). The van der Waals surface area contributed by atoms with Gasteiger partial charge in [0.15, 0.2) is 0 Å². The summed E-state index contributed by atoms with van der Waals surface area (Å²) in [5.74, 6) is 0.00631. The van der Waals surface area contributed by atoms with Crippen LogP contribution in [0.2, 0.25) is 0 Å². The smallest absolute Gasteiger partial charge is 0.229 e. The van der Waals surface area contributed by atoms with Crippen LogP contribution < -0.4 is 5.32 Å². The number of carbonyl (C=O) groups excluding carboxylic acids is 2. The Hall–Kier alpha value is -0.900. The number of imide groups is 1. The minimum Gasteiger partial charge on any atom is -0.314 e. The molecule has 1 aliphatic rings. The van der Waals surface area contributed by atoms with E-state index in [1.54, 1.807) is 0 Å². The minimum absolute atomic E-state index is 0.00315. The highest BCUT2D eigenvalue weighted by Crippen LogP contribution is 2.31. The lowest BCUT2D eigenvalue weighted by molar-refractivity contribution is -0.152. The number of rotatable bonds is 8. The second-order valence-electron chi connectivity index (χ2n) is 6.81. The van der Waals surface area contributed by atoms with E-state index < -0.39 is 0 Å². The summed E-state index contributed by atoms with van der Waals surface area (Å²) >= 11 is 0. The van der Waals surface area contributed by atoms with Crippen molar-refractivity contribution in [2.24, 2.45) is 5.41 Å². The van der Waals surface area contributed by atoms with Gasteiger partial charge in [-0.05, 0) is 38.1 Å². The quantitative estimate of drug-likeness (QED) is 0.550. The maximum atomic E-state index is 12.0. The minimum atomic E-state index is -0.163. The molecular formula is C16H30N2O2. The van der Waals surface area contributed by atoms with E-state index in [2.05, 4.69) is 19.2 Å². The van der Waals surface area contributed by atoms with E-state index in [4.69, 9.17) is 0 Å². The molecular weight excluding hydrogens is 252 g/mol. The normalized spacial score (nSPS) is 20.3. The van der Waals surface area contributed by atoms with Crippen LogP contribution in [0.4, 0.5) is 0 Å². The molecule has 0 bridgehead atoms. The van der Waals surface area contributed by atoms with Crippen LogP contribution in [-0.4, -0.2) is 35.8 Å². The van der Waals surface area contributed by atoms with Gasteiger partial charge in [0.2, 0.25) is 11.8 Å². The summed E-state index contributed by atoms with van der Waals surface area (Å²) < 4.78 is 0. The van der Waals surface area contributed by atoms with Crippen LogP contribution in [0, 0.1) is 5.41 Å². The molecule has 1 atom stereocenters. The molecule has 1 N–H and O–H groups in total. The molecule has 20 heavy (non-hydrogen) atoms. The zero-order valence-electron chi connectivity index (χ0n) is 13.5. The number of amides is 2. The predicted molar refractivity (Wildman–Crippen MR) is 81.3 cm³/mol. The summed E-state index contributed by atoms with van der Waals surface area (Å²) in [5, 5.41) is 3.45. The molecule has 4 nitrogen and oxygen atoms in total. The maximum Gasteiger partial charge on any atom is 0.229 e. The summed E-state index contributed by atoms with van der Waals surface area (Å²) in [4.78, 5) is 25.4. The van der Waals surface area contributed by atoms with E-state index in [9.17, 15) is 9.59 Å². The highest BCUT2D eigenvalue weighted by Gasteiger charge is 2.36. The Bertz CT molecular complexity index is 319. The van der Waals surface area contributed by atoms with Gasteiger partial charge in [-0.2, -0.15) is 0 Å². The van der Waals surface area contributed by atoms with Gasteiger partial charge in [-0.1, -0.05) is 27.2 Å². The molecule has 0 aromatic heterocycles. The fourth-order valence-corrected chi connectivity index (χ4v) is 2.67. The highest BCUT2D eigenvalue weighted by atomic mass is 16.2. The van der Waals surface area contributed by atoms with Gasteiger partial charge in [-0.3, -0.25) is 14.5 Å². The molecule has 0 aliphatic carbocycles. The van der Waals surface area contributed by atoms with Gasteiger partial charge in [0.1, 0.15) is 0 Å². The molecule has 1 saturated heterocycles. The first-order chi connectivity index (χ1) is 9.35. The number of unbranched alkanes of at least 4 members (excludes halogenated alkanes) is 1. The van der Waals surface area contributed by atoms with Gasteiger partial charge < -0.3 is 5.32 Å². The van der Waals surface area contributed by atoms with Crippen LogP contribution in [0.5, 0.6) is 0 Å². The molecule has 1 aliphatic heterocycles. The number of nitrogens with one attached hydrogen (secondary N) is 1. The van der Waals surface area contributed by atoms with Crippen molar-refractivity contribution in [3.05, 3.63) is 0 Å². The van der Waals surface area contributed by atoms with Gasteiger partial charge in [-0.15, -0.1) is 0 Å². The van der Waals surface area contributed by atoms with E-state index >= 15 is 0 Å². The summed E-state index contributed by atoms with van der Waals surface area (Å²) in [5.41, 5.74) is -0.163. The van der Waals surface area contributed by atoms with Crippen LogP contribution in [-0.2, 0) is 9.59 Å². The van der Waals surface area contributed by atoms with Crippen molar-refractivity contribution >= 4 is 11.8 Å². The fraction of sp³-hybridized carbons (Fsp3) is 0.875.